The Labute approximate surface area is 137 Å². The largest absolute Gasteiger partial charge is 0.379 e. The van der Waals surface area contributed by atoms with Gasteiger partial charge in [-0.05, 0) is 25.5 Å². The number of morpholine rings is 1. The van der Waals surface area contributed by atoms with Crippen LogP contribution in [0.25, 0.3) is 0 Å². The lowest BCUT2D eigenvalue weighted by atomic mass is 9.96. The summed E-state index contributed by atoms with van der Waals surface area (Å²) in [6, 6.07) is 2.04. The molecule has 0 radical (unpaired) electrons. The summed E-state index contributed by atoms with van der Waals surface area (Å²) in [5, 5.41) is 10.7. The molecule has 0 aliphatic carbocycles. The first-order chi connectivity index (χ1) is 11.3. The molecule has 7 nitrogen and oxygen atoms in total. The van der Waals surface area contributed by atoms with Crippen LogP contribution in [0.15, 0.2) is 12.3 Å². The van der Waals surface area contributed by atoms with Crippen molar-refractivity contribution in [3.63, 3.8) is 0 Å². The van der Waals surface area contributed by atoms with E-state index in [2.05, 4.69) is 20.6 Å². The summed E-state index contributed by atoms with van der Waals surface area (Å²) in [7, 11) is 0. The Hall–Kier alpha value is -1.44. The lowest BCUT2D eigenvalue weighted by Crippen LogP contribution is -2.42. The topological polar surface area (TPSA) is 71.4 Å². The molecule has 0 spiro atoms. The third kappa shape index (κ3) is 4.76. The third-order valence-corrected chi connectivity index (χ3v) is 4.61. The fourth-order valence-corrected chi connectivity index (χ4v) is 3.30. The van der Waals surface area contributed by atoms with E-state index in [-0.39, 0.29) is 5.91 Å². The number of piperidine rings is 1. The highest BCUT2D eigenvalue weighted by molar-refractivity contribution is 5.75. The maximum absolute atomic E-state index is 12.2. The predicted octanol–water partition coefficient (Wildman–Crippen LogP) is -0.201. The van der Waals surface area contributed by atoms with Crippen molar-refractivity contribution < 1.29 is 9.53 Å². The molecule has 2 aliphatic heterocycles. The average molecular weight is 321 g/mol. The summed E-state index contributed by atoms with van der Waals surface area (Å²) in [6.07, 6.45) is 4.14. The van der Waals surface area contributed by atoms with Gasteiger partial charge in [0.25, 0.3) is 0 Å². The molecule has 128 valence electrons. The van der Waals surface area contributed by atoms with Crippen LogP contribution in [-0.4, -0.2) is 73.1 Å². The SMILES string of the molecule is O=C(Cn1nccc1C1CCCNC1)NCCN1CCOCC1. The van der Waals surface area contributed by atoms with E-state index in [1.807, 2.05) is 10.7 Å². The van der Waals surface area contributed by atoms with Gasteiger partial charge in [0.05, 0.1) is 13.2 Å². The molecule has 2 fully saturated rings. The van der Waals surface area contributed by atoms with Gasteiger partial charge < -0.3 is 15.4 Å². The van der Waals surface area contributed by atoms with Crippen molar-refractivity contribution >= 4 is 5.91 Å². The smallest absolute Gasteiger partial charge is 0.241 e. The van der Waals surface area contributed by atoms with Crippen molar-refractivity contribution in [2.75, 3.05) is 52.5 Å². The Morgan fingerprint density at radius 3 is 3.09 bits per heavy atom. The Morgan fingerprint density at radius 2 is 2.30 bits per heavy atom. The van der Waals surface area contributed by atoms with Crippen molar-refractivity contribution in [1.82, 2.24) is 25.3 Å². The van der Waals surface area contributed by atoms with E-state index >= 15 is 0 Å². The number of carbonyl (C=O) groups excluding carboxylic acids is 1. The molecule has 1 atom stereocenters. The van der Waals surface area contributed by atoms with Crippen LogP contribution in [-0.2, 0) is 16.1 Å². The van der Waals surface area contributed by atoms with Gasteiger partial charge in [-0.1, -0.05) is 0 Å². The van der Waals surface area contributed by atoms with Crippen LogP contribution in [0.2, 0.25) is 0 Å². The number of ether oxygens (including phenoxy) is 1. The second kappa shape index (κ2) is 8.42. The third-order valence-electron chi connectivity index (χ3n) is 4.61. The van der Waals surface area contributed by atoms with E-state index in [0.29, 0.717) is 19.0 Å². The molecule has 2 aliphatic rings. The van der Waals surface area contributed by atoms with Crippen molar-refractivity contribution in [2.45, 2.75) is 25.3 Å². The van der Waals surface area contributed by atoms with Crippen LogP contribution in [0.1, 0.15) is 24.5 Å². The quantitative estimate of drug-likeness (QED) is 0.759. The van der Waals surface area contributed by atoms with Crippen molar-refractivity contribution in [3.8, 4) is 0 Å². The van der Waals surface area contributed by atoms with Gasteiger partial charge in [-0.25, -0.2) is 0 Å². The number of rotatable bonds is 6. The summed E-state index contributed by atoms with van der Waals surface area (Å²) in [6.45, 7) is 7.43. The van der Waals surface area contributed by atoms with Crippen LogP contribution in [0, 0.1) is 0 Å². The zero-order valence-corrected chi connectivity index (χ0v) is 13.7. The predicted molar refractivity (Wildman–Crippen MR) is 87.3 cm³/mol. The molecule has 23 heavy (non-hydrogen) atoms. The Bertz CT molecular complexity index is 492. The summed E-state index contributed by atoms with van der Waals surface area (Å²) >= 11 is 0. The van der Waals surface area contributed by atoms with Gasteiger partial charge in [-0.15, -0.1) is 0 Å². The fraction of sp³-hybridized carbons (Fsp3) is 0.750. The highest BCUT2D eigenvalue weighted by Crippen LogP contribution is 2.22. The molecule has 3 rings (SSSR count). The summed E-state index contributed by atoms with van der Waals surface area (Å²) in [5.74, 6) is 0.499. The van der Waals surface area contributed by atoms with Gasteiger partial charge in [0.15, 0.2) is 0 Å². The number of amides is 1. The lowest BCUT2D eigenvalue weighted by molar-refractivity contribution is -0.122. The molecular weight excluding hydrogens is 294 g/mol. The van der Waals surface area contributed by atoms with Crippen LogP contribution in [0.5, 0.6) is 0 Å². The van der Waals surface area contributed by atoms with E-state index < -0.39 is 0 Å². The van der Waals surface area contributed by atoms with Gasteiger partial charge in [0.1, 0.15) is 6.54 Å². The fourth-order valence-electron chi connectivity index (χ4n) is 3.30. The zero-order chi connectivity index (χ0) is 15.9. The second-order valence-corrected chi connectivity index (χ2v) is 6.26. The molecule has 7 heteroatoms. The molecule has 2 saturated heterocycles. The molecule has 3 heterocycles. The summed E-state index contributed by atoms with van der Waals surface area (Å²) < 4.78 is 7.17. The van der Waals surface area contributed by atoms with Crippen molar-refractivity contribution in [2.24, 2.45) is 0 Å². The first-order valence-electron chi connectivity index (χ1n) is 8.62. The highest BCUT2D eigenvalue weighted by atomic mass is 16.5. The van der Waals surface area contributed by atoms with Crippen molar-refractivity contribution in [1.29, 1.82) is 0 Å². The van der Waals surface area contributed by atoms with Crippen LogP contribution in [0.3, 0.4) is 0 Å². The van der Waals surface area contributed by atoms with E-state index in [9.17, 15) is 4.79 Å². The number of nitrogens with one attached hydrogen (secondary N) is 2. The minimum Gasteiger partial charge on any atom is -0.379 e. The molecule has 0 saturated carbocycles. The Balaban J connectivity index is 1.43. The van der Waals surface area contributed by atoms with E-state index in [4.69, 9.17) is 4.74 Å². The van der Waals surface area contributed by atoms with E-state index in [0.717, 1.165) is 52.4 Å². The first-order valence-corrected chi connectivity index (χ1v) is 8.62. The number of nitrogens with zero attached hydrogens (tertiary/aromatic N) is 3. The monoisotopic (exact) mass is 321 g/mol. The summed E-state index contributed by atoms with van der Waals surface area (Å²) in [4.78, 5) is 14.5. The van der Waals surface area contributed by atoms with Crippen LogP contribution < -0.4 is 10.6 Å². The number of aromatic nitrogens is 2. The minimum absolute atomic E-state index is 0.0342. The van der Waals surface area contributed by atoms with Crippen LogP contribution in [0.4, 0.5) is 0 Å². The normalized spacial score (nSPS) is 22.9. The number of carbonyl (C=O) groups is 1. The molecular formula is C16H27N5O2. The molecule has 1 aromatic rings. The van der Waals surface area contributed by atoms with Gasteiger partial charge in [0, 0.05) is 50.5 Å². The van der Waals surface area contributed by atoms with Gasteiger partial charge in [-0.3, -0.25) is 14.4 Å². The number of hydrogen-bond donors (Lipinski definition) is 2. The Morgan fingerprint density at radius 1 is 1.43 bits per heavy atom. The van der Waals surface area contributed by atoms with Gasteiger partial charge in [-0.2, -0.15) is 5.10 Å². The molecule has 1 unspecified atom stereocenters. The van der Waals surface area contributed by atoms with Gasteiger partial charge >= 0.3 is 0 Å². The van der Waals surface area contributed by atoms with Crippen molar-refractivity contribution in [3.05, 3.63) is 18.0 Å². The minimum atomic E-state index is 0.0342. The standard InChI is InChI=1S/C16H27N5O2/c22-16(18-6-7-20-8-10-23-11-9-20)13-21-15(3-5-19-21)14-2-1-4-17-12-14/h3,5,14,17H,1-2,4,6-13H2,(H,18,22). The van der Waals surface area contributed by atoms with E-state index in [1.165, 1.54) is 12.1 Å². The summed E-state index contributed by atoms with van der Waals surface area (Å²) in [5.41, 5.74) is 1.17. The molecule has 1 amide bonds. The molecule has 0 bridgehead atoms. The van der Waals surface area contributed by atoms with Crippen LogP contribution >= 0.6 is 0 Å². The molecule has 0 aromatic carbocycles. The number of hydrogen-bond acceptors (Lipinski definition) is 5. The van der Waals surface area contributed by atoms with E-state index in [1.54, 1.807) is 6.20 Å². The molecule has 1 aromatic heterocycles. The maximum Gasteiger partial charge on any atom is 0.241 e. The molecule has 2 N–H and O–H groups in total. The second-order valence-electron chi connectivity index (χ2n) is 6.26. The first kappa shape index (κ1) is 16.4. The lowest BCUT2D eigenvalue weighted by Gasteiger charge is -2.26. The average Bonchev–Trinajstić information content (AvgIpc) is 3.05. The zero-order valence-electron chi connectivity index (χ0n) is 13.7. The van der Waals surface area contributed by atoms with Gasteiger partial charge in [0.2, 0.25) is 5.91 Å². The Kier molecular flexibility index (Phi) is 6.01. The highest BCUT2D eigenvalue weighted by Gasteiger charge is 2.20. The maximum atomic E-state index is 12.2.